The van der Waals surface area contributed by atoms with Gasteiger partial charge in [0, 0.05) is 12.2 Å². The van der Waals surface area contributed by atoms with Crippen LogP contribution in [0, 0.1) is 0 Å². The van der Waals surface area contributed by atoms with Gasteiger partial charge in [0.05, 0.1) is 13.7 Å². The van der Waals surface area contributed by atoms with Gasteiger partial charge in [-0.15, -0.1) is 0 Å². The van der Waals surface area contributed by atoms with E-state index in [0.29, 0.717) is 6.61 Å². The van der Waals surface area contributed by atoms with Crippen LogP contribution in [0.2, 0.25) is 0 Å². The second kappa shape index (κ2) is 7.43. The highest BCUT2D eigenvalue weighted by Gasteiger charge is 2.06. The van der Waals surface area contributed by atoms with E-state index < -0.39 is 0 Å². The molecule has 0 aliphatic heterocycles. The Bertz CT molecular complexity index is 513. The van der Waals surface area contributed by atoms with Crippen molar-refractivity contribution in [2.24, 2.45) is 0 Å². The number of nitrogens with zero attached hydrogens (tertiary/aromatic N) is 1. The van der Waals surface area contributed by atoms with E-state index in [-0.39, 0.29) is 0 Å². The van der Waals surface area contributed by atoms with Crippen LogP contribution in [0.25, 0.3) is 0 Å². The Hall–Kier alpha value is -2.16. The molecule has 0 saturated carbocycles. The molecule has 20 heavy (non-hydrogen) atoms. The van der Waals surface area contributed by atoms with Gasteiger partial charge in [0.2, 0.25) is 0 Å². The number of methoxy groups -OCH3 is 1. The fourth-order valence-electron chi connectivity index (χ4n) is 2.11. The Balaban J connectivity index is 1.91. The monoisotopic (exact) mass is 271 g/mol. The molecule has 0 fully saturated rings. The Morgan fingerprint density at radius 2 is 1.55 bits per heavy atom. The van der Waals surface area contributed by atoms with Crippen molar-refractivity contribution >= 4 is 5.69 Å². The first-order chi connectivity index (χ1) is 9.85. The first-order valence-corrected chi connectivity index (χ1v) is 6.91. The van der Waals surface area contributed by atoms with Gasteiger partial charge in [-0.25, -0.2) is 0 Å². The van der Waals surface area contributed by atoms with Crippen molar-refractivity contribution < 1.29 is 9.47 Å². The van der Waals surface area contributed by atoms with Crippen LogP contribution < -0.4 is 14.4 Å². The summed E-state index contributed by atoms with van der Waals surface area (Å²) in [7, 11) is 1.66. The molecular weight excluding hydrogens is 250 g/mol. The Kier molecular flexibility index (Phi) is 5.30. The smallest absolute Gasteiger partial charge is 0.161 e. The van der Waals surface area contributed by atoms with E-state index in [2.05, 4.69) is 36.1 Å². The first kappa shape index (κ1) is 14.3. The maximum atomic E-state index is 5.82. The zero-order valence-corrected chi connectivity index (χ0v) is 12.1. The first-order valence-electron chi connectivity index (χ1n) is 6.91. The number of hydrogen-bond acceptors (Lipinski definition) is 3. The molecule has 0 amide bonds. The van der Waals surface area contributed by atoms with Gasteiger partial charge < -0.3 is 14.4 Å². The van der Waals surface area contributed by atoms with E-state index in [1.165, 1.54) is 5.69 Å². The van der Waals surface area contributed by atoms with E-state index in [1.54, 1.807) is 7.11 Å². The summed E-state index contributed by atoms with van der Waals surface area (Å²) in [6.45, 7) is 4.58. The van der Waals surface area contributed by atoms with Gasteiger partial charge in [-0.2, -0.15) is 0 Å². The molecule has 0 N–H and O–H groups in total. The highest BCUT2D eigenvalue weighted by atomic mass is 16.5. The lowest BCUT2D eigenvalue weighted by molar-refractivity contribution is 0.300. The Morgan fingerprint density at radius 3 is 2.20 bits per heavy atom. The lowest BCUT2D eigenvalue weighted by Gasteiger charge is -2.23. The van der Waals surface area contributed by atoms with Gasteiger partial charge in [0.1, 0.15) is 6.61 Å². The second-order valence-corrected chi connectivity index (χ2v) is 4.41. The lowest BCUT2D eigenvalue weighted by atomic mass is 10.3. The van der Waals surface area contributed by atoms with Gasteiger partial charge in [0.15, 0.2) is 11.5 Å². The van der Waals surface area contributed by atoms with Gasteiger partial charge in [-0.3, -0.25) is 0 Å². The predicted octanol–water partition coefficient (Wildman–Crippen LogP) is 3.60. The number of anilines is 1. The molecule has 0 aliphatic rings. The normalized spacial score (nSPS) is 10.1. The maximum Gasteiger partial charge on any atom is 0.161 e. The van der Waals surface area contributed by atoms with Crippen LogP contribution >= 0.6 is 0 Å². The summed E-state index contributed by atoms with van der Waals surface area (Å²) in [5.74, 6) is 1.56. The molecule has 0 unspecified atom stereocenters. The number of rotatable bonds is 7. The molecule has 2 aromatic carbocycles. The van der Waals surface area contributed by atoms with Crippen LogP contribution in [0.5, 0.6) is 11.5 Å². The molecule has 106 valence electrons. The molecule has 0 spiro atoms. The van der Waals surface area contributed by atoms with E-state index in [4.69, 9.17) is 9.47 Å². The van der Waals surface area contributed by atoms with Crippen LogP contribution in [0.3, 0.4) is 0 Å². The minimum absolute atomic E-state index is 0.628. The summed E-state index contributed by atoms with van der Waals surface area (Å²) >= 11 is 0. The van der Waals surface area contributed by atoms with Crippen molar-refractivity contribution in [1.29, 1.82) is 0 Å². The van der Waals surface area contributed by atoms with Gasteiger partial charge in [-0.05, 0) is 31.2 Å². The van der Waals surface area contributed by atoms with Crippen molar-refractivity contribution in [2.45, 2.75) is 6.92 Å². The summed E-state index contributed by atoms with van der Waals surface area (Å²) in [6.07, 6.45) is 0. The fraction of sp³-hybridized carbons (Fsp3) is 0.294. The summed E-state index contributed by atoms with van der Waals surface area (Å²) < 4.78 is 11.1. The van der Waals surface area contributed by atoms with Gasteiger partial charge in [-0.1, -0.05) is 30.3 Å². The lowest BCUT2D eigenvalue weighted by Crippen LogP contribution is -2.27. The molecule has 0 heterocycles. The number of benzene rings is 2. The van der Waals surface area contributed by atoms with Crippen molar-refractivity contribution in [3.05, 3.63) is 54.6 Å². The number of ether oxygens (including phenoxy) is 2. The van der Waals surface area contributed by atoms with Crippen LogP contribution in [0.15, 0.2) is 54.6 Å². The SMILES string of the molecule is CCN(CCOc1ccccc1OC)c1ccccc1. The molecule has 0 atom stereocenters. The van der Waals surface area contributed by atoms with E-state index in [9.17, 15) is 0 Å². The zero-order valence-electron chi connectivity index (χ0n) is 12.1. The molecule has 2 rings (SSSR count). The van der Waals surface area contributed by atoms with Gasteiger partial charge in [0.25, 0.3) is 0 Å². The molecule has 2 aromatic rings. The van der Waals surface area contributed by atoms with Crippen LogP contribution in [-0.4, -0.2) is 26.8 Å². The number of likely N-dealkylation sites (N-methyl/N-ethyl adjacent to an activating group) is 1. The molecule has 0 bridgehead atoms. The average molecular weight is 271 g/mol. The zero-order chi connectivity index (χ0) is 14.2. The van der Waals surface area contributed by atoms with Crippen molar-refractivity contribution in [3.8, 4) is 11.5 Å². The summed E-state index contributed by atoms with van der Waals surface area (Å²) in [5.41, 5.74) is 1.22. The van der Waals surface area contributed by atoms with E-state index in [0.717, 1.165) is 24.6 Å². The third kappa shape index (κ3) is 3.67. The standard InChI is InChI=1S/C17H21NO2/c1-3-18(15-9-5-4-6-10-15)13-14-20-17-12-8-7-11-16(17)19-2/h4-12H,3,13-14H2,1-2H3. The maximum absolute atomic E-state index is 5.82. The van der Waals surface area contributed by atoms with E-state index >= 15 is 0 Å². The van der Waals surface area contributed by atoms with Crippen LogP contribution in [-0.2, 0) is 0 Å². The summed E-state index contributed by atoms with van der Waals surface area (Å²) in [5, 5.41) is 0. The quantitative estimate of drug-likeness (QED) is 0.768. The second-order valence-electron chi connectivity index (χ2n) is 4.41. The van der Waals surface area contributed by atoms with Gasteiger partial charge >= 0.3 is 0 Å². The van der Waals surface area contributed by atoms with Crippen molar-refractivity contribution in [1.82, 2.24) is 0 Å². The molecule has 3 heteroatoms. The summed E-state index contributed by atoms with van der Waals surface area (Å²) in [4.78, 5) is 2.29. The van der Waals surface area contributed by atoms with Crippen molar-refractivity contribution in [2.75, 3.05) is 31.7 Å². The topological polar surface area (TPSA) is 21.7 Å². The van der Waals surface area contributed by atoms with Crippen LogP contribution in [0.4, 0.5) is 5.69 Å². The molecule has 0 aromatic heterocycles. The summed E-state index contributed by atoms with van der Waals surface area (Å²) in [6, 6.07) is 18.1. The predicted molar refractivity (Wildman–Crippen MR) is 82.8 cm³/mol. The third-order valence-electron chi connectivity index (χ3n) is 3.19. The molecule has 3 nitrogen and oxygen atoms in total. The molecule has 0 aliphatic carbocycles. The molecular formula is C17H21NO2. The number of para-hydroxylation sites is 3. The minimum Gasteiger partial charge on any atom is -0.493 e. The largest absolute Gasteiger partial charge is 0.493 e. The Morgan fingerprint density at radius 1 is 0.900 bits per heavy atom. The third-order valence-corrected chi connectivity index (χ3v) is 3.19. The number of hydrogen-bond donors (Lipinski definition) is 0. The Labute approximate surface area is 120 Å². The molecule has 0 saturated heterocycles. The fourth-order valence-corrected chi connectivity index (χ4v) is 2.11. The highest BCUT2D eigenvalue weighted by Crippen LogP contribution is 2.25. The van der Waals surface area contributed by atoms with Crippen LogP contribution in [0.1, 0.15) is 6.92 Å². The van der Waals surface area contributed by atoms with Crippen molar-refractivity contribution in [3.63, 3.8) is 0 Å². The molecule has 0 radical (unpaired) electrons. The minimum atomic E-state index is 0.628. The highest BCUT2D eigenvalue weighted by molar-refractivity contribution is 5.45. The van der Waals surface area contributed by atoms with E-state index in [1.807, 2.05) is 30.3 Å². The average Bonchev–Trinajstić information content (AvgIpc) is 2.53.